The monoisotopic (exact) mass is 273 g/mol. The van der Waals surface area contributed by atoms with Crippen LogP contribution in [0.25, 0.3) is 10.6 Å². The lowest BCUT2D eigenvalue weighted by atomic mass is 10.3. The van der Waals surface area contributed by atoms with E-state index in [-0.39, 0.29) is 0 Å². The van der Waals surface area contributed by atoms with Gasteiger partial charge in [0.15, 0.2) is 0 Å². The number of nitrogens with zero attached hydrogens (tertiary/aromatic N) is 1. The van der Waals surface area contributed by atoms with Crippen LogP contribution in [0.4, 0.5) is 10.8 Å². The average Bonchev–Trinajstić information content (AvgIpc) is 3.08. The van der Waals surface area contributed by atoms with Crippen LogP contribution in [0.1, 0.15) is 0 Å². The first-order valence-electron chi connectivity index (χ1n) is 5.48. The molecule has 0 aliphatic rings. The topological polar surface area (TPSA) is 37.0 Å². The van der Waals surface area contributed by atoms with Crippen molar-refractivity contribution >= 4 is 33.5 Å². The van der Waals surface area contributed by atoms with Crippen molar-refractivity contribution in [3.05, 3.63) is 53.2 Å². The number of anilines is 2. The maximum Gasteiger partial charge on any atom is 0.202 e. The molecule has 0 saturated heterocycles. The summed E-state index contributed by atoms with van der Waals surface area (Å²) in [6.45, 7) is 0. The second kappa shape index (κ2) is 5.20. The van der Waals surface area contributed by atoms with E-state index in [4.69, 9.17) is 0 Å². The van der Waals surface area contributed by atoms with E-state index in [1.165, 1.54) is 4.88 Å². The molecule has 0 aliphatic carbocycles. The van der Waals surface area contributed by atoms with Gasteiger partial charge in [0, 0.05) is 5.38 Å². The molecule has 0 saturated carbocycles. The summed E-state index contributed by atoms with van der Waals surface area (Å²) in [4.78, 5) is 5.72. The van der Waals surface area contributed by atoms with Gasteiger partial charge in [-0.05, 0) is 23.6 Å². The molecule has 3 nitrogen and oxygen atoms in total. The first kappa shape index (κ1) is 11.3. The zero-order valence-corrected chi connectivity index (χ0v) is 11.1. The molecule has 90 valence electrons. The van der Waals surface area contributed by atoms with Crippen LogP contribution in [0.3, 0.4) is 0 Å². The summed E-state index contributed by atoms with van der Waals surface area (Å²) in [7, 11) is 0. The summed E-state index contributed by atoms with van der Waals surface area (Å²) in [5.41, 5.74) is 8.27. The second-order valence-corrected chi connectivity index (χ2v) is 5.44. The summed E-state index contributed by atoms with van der Waals surface area (Å²) < 4.78 is 0. The second-order valence-electron chi connectivity index (χ2n) is 3.63. The number of thiophene rings is 1. The molecule has 1 aromatic carbocycles. The molecular formula is C13H11N3S2. The Morgan fingerprint density at radius 3 is 2.56 bits per heavy atom. The highest BCUT2D eigenvalue weighted by Gasteiger charge is 2.04. The van der Waals surface area contributed by atoms with E-state index in [0.717, 1.165) is 16.5 Å². The minimum atomic E-state index is 0.863. The standard InChI is InChI=1S/C13H11N3S2/c1-2-5-10(6-3-1)15-16-13-14-11(9-18-13)12-7-4-8-17-12/h1-9,15H,(H,14,16). The maximum atomic E-state index is 4.52. The number of aromatic nitrogens is 1. The van der Waals surface area contributed by atoms with Gasteiger partial charge in [-0.2, -0.15) is 0 Å². The fourth-order valence-corrected chi connectivity index (χ4v) is 2.94. The quantitative estimate of drug-likeness (QED) is 0.695. The summed E-state index contributed by atoms with van der Waals surface area (Å²) >= 11 is 3.29. The number of hydrogen-bond donors (Lipinski definition) is 2. The number of thiazole rings is 1. The normalized spacial score (nSPS) is 10.2. The SMILES string of the molecule is c1ccc(NNc2nc(-c3cccs3)cs2)cc1. The van der Waals surface area contributed by atoms with Gasteiger partial charge in [0.05, 0.1) is 16.3 Å². The first-order valence-corrected chi connectivity index (χ1v) is 7.24. The lowest BCUT2D eigenvalue weighted by molar-refractivity contribution is 1.34. The Bertz CT molecular complexity index is 602. The van der Waals surface area contributed by atoms with Gasteiger partial charge < -0.3 is 0 Å². The molecule has 3 aromatic rings. The average molecular weight is 273 g/mol. The minimum Gasteiger partial charge on any atom is -0.299 e. The molecule has 2 aromatic heterocycles. The fraction of sp³-hybridized carbons (Fsp3) is 0. The number of rotatable bonds is 4. The van der Waals surface area contributed by atoms with Crippen LogP contribution < -0.4 is 10.9 Å². The van der Waals surface area contributed by atoms with Crippen molar-refractivity contribution in [2.24, 2.45) is 0 Å². The van der Waals surface area contributed by atoms with E-state index < -0.39 is 0 Å². The maximum absolute atomic E-state index is 4.52. The zero-order valence-electron chi connectivity index (χ0n) is 9.46. The number of para-hydroxylation sites is 1. The molecule has 0 fully saturated rings. The van der Waals surface area contributed by atoms with Gasteiger partial charge in [0.25, 0.3) is 0 Å². The molecule has 0 radical (unpaired) electrons. The highest BCUT2D eigenvalue weighted by molar-refractivity contribution is 7.15. The smallest absolute Gasteiger partial charge is 0.202 e. The summed E-state index contributed by atoms with van der Waals surface area (Å²) in [6, 6.07) is 14.1. The van der Waals surface area contributed by atoms with Crippen molar-refractivity contribution in [2.45, 2.75) is 0 Å². The fourth-order valence-electron chi connectivity index (χ4n) is 1.52. The Kier molecular flexibility index (Phi) is 3.25. The molecule has 5 heteroatoms. The summed E-state index contributed by atoms with van der Waals surface area (Å²) in [5.74, 6) is 0. The Balaban J connectivity index is 1.68. The van der Waals surface area contributed by atoms with Gasteiger partial charge in [-0.3, -0.25) is 10.9 Å². The van der Waals surface area contributed by atoms with E-state index in [0.29, 0.717) is 0 Å². The zero-order chi connectivity index (χ0) is 12.2. The predicted molar refractivity (Wildman–Crippen MR) is 79.1 cm³/mol. The van der Waals surface area contributed by atoms with Crippen molar-refractivity contribution in [3.8, 4) is 10.6 Å². The lowest BCUT2D eigenvalue weighted by Gasteiger charge is -2.05. The molecule has 0 aliphatic heterocycles. The predicted octanol–water partition coefficient (Wildman–Crippen LogP) is 4.31. The van der Waals surface area contributed by atoms with Gasteiger partial charge in [-0.25, -0.2) is 4.98 Å². The summed E-state index contributed by atoms with van der Waals surface area (Å²) in [6.07, 6.45) is 0. The van der Waals surface area contributed by atoms with Gasteiger partial charge >= 0.3 is 0 Å². The number of hydrazine groups is 1. The molecule has 2 N–H and O–H groups in total. The van der Waals surface area contributed by atoms with E-state index in [9.17, 15) is 0 Å². The van der Waals surface area contributed by atoms with Crippen LogP contribution in [0.2, 0.25) is 0 Å². The molecule has 18 heavy (non-hydrogen) atoms. The van der Waals surface area contributed by atoms with Crippen LogP contribution in [-0.4, -0.2) is 4.98 Å². The van der Waals surface area contributed by atoms with Crippen LogP contribution in [0.5, 0.6) is 0 Å². The number of nitrogens with one attached hydrogen (secondary N) is 2. The molecule has 0 atom stereocenters. The van der Waals surface area contributed by atoms with Crippen molar-refractivity contribution < 1.29 is 0 Å². The highest BCUT2D eigenvalue weighted by Crippen LogP contribution is 2.28. The van der Waals surface area contributed by atoms with Gasteiger partial charge in [0.2, 0.25) is 5.13 Å². The summed E-state index contributed by atoms with van der Waals surface area (Å²) in [5, 5.41) is 4.98. The molecule has 0 amide bonds. The Hall–Kier alpha value is -1.85. The first-order chi connectivity index (χ1) is 8.92. The van der Waals surface area contributed by atoms with Crippen molar-refractivity contribution in [3.63, 3.8) is 0 Å². The third-order valence-electron chi connectivity index (χ3n) is 2.37. The van der Waals surface area contributed by atoms with Gasteiger partial charge in [-0.15, -0.1) is 22.7 Å². The van der Waals surface area contributed by atoms with Crippen LogP contribution >= 0.6 is 22.7 Å². The van der Waals surface area contributed by atoms with Crippen LogP contribution in [-0.2, 0) is 0 Å². The number of hydrogen-bond acceptors (Lipinski definition) is 5. The highest BCUT2D eigenvalue weighted by atomic mass is 32.1. The molecule has 0 unspecified atom stereocenters. The molecule has 0 spiro atoms. The van der Waals surface area contributed by atoms with Crippen molar-refractivity contribution in [1.29, 1.82) is 0 Å². The van der Waals surface area contributed by atoms with Crippen LogP contribution in [0.15, 0.2) is 53.2 Å². The molecular weight excluding hydrogens is 262 g/mol. The molecule has 2 heterocycles. The number of benzene rings is 1. The van der Waals surface area contributed by atoms with E-state index >= 15 is 0 Å². The largest absolute Gasteiger partial charge is 0.299 e. The minimum absolute atomic E-state index is 0.863. The molecule has 3 rings (SSSR count). The van der Waals surface area contributed by atoms with Crippen molar-refractivity contribution in [2.75, 3.05) is 10.9 Å². The van der Waals surface area contributed by atoms with Gasteiger partial charge in [-0.1, -0.05) is 24.3 Å². The van der Waals surface area contributed by atoms with E-state index in [1.807, 2.05) is 36.4 Å². The third kappa shape index (κ3) is 2.52. The van der Waals surface area contributed by atoms with E-state index in [1.54, 1.807) is 22.7 Å². The Labute approximate surface area is 113 Å². The van der Waals surface area contributed by atoms with E-state index in [2.05, 4.69) is 32.7 Å². The Morgan fingerprint density at radius 1 is 0.889 bits per heavy atom. The van der Waals surface area contributed by atoms with Crippen LogP contribution in [0, 0.1) is 0 Å². The van der Waals surface area contributed by atoms with Gasteiger partial charge in [0.1, 0.15) is 0 Å². The lowest BCUT2D eigenvalue weighted by Crippen LogP contribution is -2.07. The van der Waals surface area contributed by atoms with Crippen molar-refractivity contribution in [1.82, 2.24) is 4.98 Å². The third-order valence-corrected chi connectivity index (χ3v) is 4.02. The Morgan fingerprint density at radius 2 is 1.78 bits per heavy atom. The molecule has 0 bridgehead atoms.